The van der Waals surface area contributed by atoms with Crippen molar-refractivity contribution in [1.82, 2.24) is 0 Å². The van der Waals surface area contributed by atoms with E-state index in [1.54, 1.807) is 0 Å². The number of esters is 4. The lowest BCUT2D eigenvalue weighted by atomic mass is 10.00. The molecule has 0 bridgehead atoms. The first-order valence-electron chi connectivity index (χ1n) is 37.2. The smallest absolute Gasteiger partial charge is 0.462 e. The molecule has 3 N–H and O–H groups in total. The van der Waals surface area contributed by atoms with Crippen LogP contribution >= 0.6 is 15.6 Å². The molecule has 0 aliphatic heterocycles. The molecule has 0 aliphatic carbocycles. The first-order valence-corrected chi connectivity index (χ1v) is 40.2. The van der Waals surface area contributed by atoms with E-state index in [0.29, 0.717) is 25.7 Å². The third kappa shape index (κ3) is 65.1. The Labute approximate surface area is 556 Å². The second-order valence-electron chi connectivity index (χ2n) is 27.6. The van der Waals surface area contributed by atoms with Crippen LogP contribution in [-0.4, -0.2) is 96.7 Å². The number of carbonyl (C=O) groups is 4. The highest BCUT2D eigenvalue weighted by Gasteiger charge is 2.30. The maximum atomic E-state index is 13.0. The van der Waals surface area contributed by atoms with Crippen molar-refractivity contribution in [2.75, 3.05) is 39.6 Å². The average molecular weight is 1340 g/mol. The molecule has 0 saturated heterocycles. The fraction of sp³-hybridized carbons (Fsp3) is 0.944. The Morgan fingerprint density at radius 2 is 0.527 bits per heavy atom. The van der Waals surface area contributed by atoms with Crippen LogP contribution in [0.15, 0.2) is 0 Å². The van der Waals surface area contributed by atoms with Gasteiger partial charge in [0.1, 0.15) is 19.3 Å². The Bertz CT molecular complexity index is 1800. The SMILES string of the molecule is CCC(C)CCCCCCCCC(=O)OC[C@H](COP(=O)(O)OCC(O)COP(=O)(O)OC[C@@H](COC(=O)CCCCCCCCCCC(C)C)OC(=O)CCCCCCCCCCCC(C)C)OC(=O)CCCCCCCCCCCCCCCCCC(C)C. The van der Waals surface area contributed by atoms with Crippen LogP contribution in [0.3, 0.4) is 0 Å². The van der Waals surface area contributed by atoms with Crippen LogP contribution in [0.4, 0.5) is 0 Å². The minimum atomic E-state index is -4.95. The number of carbonyl (C=O) groups excluding carboxylic acids is 4. The van der Waals surface area contributed by atoms with Gasteiger partial charge in [0.05, 0.1) is 26.4 Å². The molecule has 0 fully saturated rings. The molecular weight excluding hydrogens is 1200 g/mol. The van der Waals surface area contributed by atoms with Gasteiger partial charge in [-0.2, -0.15) is 0 Å². The standard InChI is InChI=1S/C72H140O17P2/c1-9-65(8)51-43-35-30-31-37-45-53-70(75)83-59-68(89-71(76)54-46-38-28-20-16-14-12-10-11-13-15-18-24-32-40-48-62(2)3)61-87-91(80,81)85-57-66(73)56-84-90(78,79)86-60-67(58-82-69(74)52-44-36-27-23-22-26-34-42-50-64(6)7)88-72(77)55-47-39-29-21-17-19-25-33-41-49-63(4)5/h62-68,73H,9-61H2,1-8H3,(H,78,79)(H,80,81)/t65?,66?,67-,68-/m1/s1. The molecule has 0 aromatic rings. The Morgan fingerprint density at radius 1 is 0.308 bits per heavy atom. The van der Waals surface area contributed by atoms with Crippen molar-refractivity contribution < 1.29 is 80.2 Å². The fourth-order valence-corrected chi connectivity index (χ4v) is 12.4. The summed E-state index contributed by atoms with van der Waals surface area (Å²) in [7, 11) is -9.91. The van der Waals surface area contributed by atoms with E-state index in [1.165, 1.54) is 154 Å². The van der Waals surface area contributed by atoms with Crippen LogP contribution in [0, 0.1) is 23.7 Å². The van der Waals surface area contributed by atoms with Crippen LogP contribution < -0.4 is 0 Å². The van der Waals surface area contributed by atoms with Crippen molar-refractivity contribution in [3.63, 3.8) is 0 Å². The normalized spacial score (nSPS) is 14.5. The van der Waals surface area contributed by atoms with Gasteiger partial charge in [-0.1, -0.05) is 306 Å². The second-order valence-corrected chi connectivity index (χ2v) is 30.6. The summed E-state index contributed by atoms with van der Waals surface area (Å²) in [5, 5.41) is 10.6. The quantitative estimate of drug-likeness (QED) is 0.0222. The molecule has 4 unspecified atom stereocenters. The highest BCUT2D eigenvalue weighted by atomic mass is 31.2. The van der Waals surface area contributed by atoms with E-state index in [0.717, 1.165) is 120 Å². The number of phosphoric acid groups is 2. The lowest BCUT2D eigenvalue weighted by Crippen LogP contribution is -2.30. The Hall–Kier alpha value is -1.94. The Morgan fingerprint density at radius 3 is 0.780 bits per heavy atom. The number of rotatable bonds is 69. The zero-order valence-corrected chi connectivity index (χ0v) is 61.3. The predicted octanol–water partition coefficient (Wildman–Crippen LogP) is 20.5. The zero-order valence-electron chi connectivity index (χ0n) is 59.5. The number of aliphatic hydroxyl groups is 1. The molecule has 6 atom stereocenters. The van der Waals surface area contributed by atoms with E-state index in [4.69, 9.17) is 37.0 Å². The van der Waals surface area contributed by atoms with Gasteiger partial charge in [0.25, 0.3) is 0 Å². The fourth-order valence-electron chi connectivity index (χ4n) is 10.8. The molecule has 0 aliphatic rings. The van der Waals surface area contributed by atoms with Crippen LogP contribution in [-0.2, 0) is 65.4 Å². The predicted molar refractivity (Wildman–Crippen MR) is 367 cm³/mol. The van der Waals surface area contributed by atoms with Gasteiger partial charge in [-0.3, -0.25) is 37.3 Å². The molecule has 19 heteroatoms. The molecule has 540 valence electrons. The summed E-state index contributed by atoms with van der Waals surface area (Å²) in [5.74, 6) is 0.868. The first-order chi connectivity index (χ1) is 43.6. The van der Waals surface area contributed by atoms with Gasteiger partial charge in [0.15, 0.2) is 12.2 Å². The minimum absolute atomic E-state index is 0.104. The van der Waals surface area contributed by atoms with Gasteiger partial charge in [-0.15, -0.1) is 0 Å². The summed E-state index contributed by atoms with van der Waals surface area (Å²) >= 11 is 0. The molecule has 0 spiro atoms. The maximum absolute atomic E-state index is 13.0. The van der Waals surface area contributed by atoms with Crippen LogP contribution in [0.25, 0.3) is 0 Å². The molecule has 0 saturated carbocycles. The van der Waals surface area contributed by atoms with Gasteiger partial charge in [0, 0.05) is 25.7 Å². The average Bonchev–Trinajstić information content (AvgIpc) is 3.69. The summed E-state index contributed by atoms with van der Waals surface area (Å²) in [6.07, 6.45) is 44.5. The molecule has 0 heterocycles. The van der Waals surface area contributed by atoms with Crippen molar-refractivity contribution in [2.45, 2.75) is 375 Å². The molecule has 0 amide bonds. The Balaban J connectivity index is 5.23. The highest BCUT2D eigenvalue weighted by Crippen LogP contribution is 2.45. The summed E-state index contributed by atoms with van der Waals surface area (Å²) in [5.41, 5.74) is 0. The summed E-state index contributed by atoms with van der Waals surface area (Å²) in [4.78, 5) is 72.6. The van der Waals surface area contributed by atoms with E-state index < -0.39 is 97.5 Å². The lowest BCUT2D eigenvalue weighted by molar-refractivity contribution is -0.161. The Kier molecular flexibility index (Phi) is 60.3. The summed E-state index contributed by atoms with van der Waals surface area (Å²) in [6.45, 7) is 14.1. The molecule has 0 aromatic heterocycles. The van der Waals surface area contributed by atoms with Crippen molar-refractivity contribution in [3.05, 3.63) is 0 Å². The second kappa shape index (κ2) is 61.6. The van der Waals surface area contributed by atoms with Crippen LogP contribution in [0.1, 0.15) is 357 Å². The number of hydrogen-bond acceptors (Lipinski definition) is 15. The van der Waals surface area contributed by atoms with Crippen LogP contribution in [0.2, 0.25) is 0 Å². The molecule has 0 rings (SSSR count). The number of aliphatic hydroxyl groups excluding tert-OH is 1. The molecule has 91 heavy (non-hydrogen) atoms. The summed E-state index contributed by atoms with van der Waals surface area (Å²) in [6, 6.07) is 0. The zero-order chi connectivity index (χ0) is 67.5. The highest BCUT2D eigenvalue weighted by molar-refractivity contribution is 7.47. The number of ether oxygens (including phenoxy) is 4. The number of hydrogen-bond donors (Lipinski definition) is 3. The van der Waals surface area contributed by atoms with Crippen molar-refractivity contribution in [1.29, 1.82) is 0 Å². The van der Waals surface area contributed by atoms with E-state index in [1.807, 2.05) is 0 Å². The van der Waals surface area contributed by atoms with Gasteiger partial charge in [-0.05, 0) is 49.4 Å². The van der Waals surface area contributed by atoms with Gasteiger partial charge < -0.3 is 33.8 Å². The third-order valence-corrected chi connectivity index (χ3v) is 18.8. The van der Waals surface area contributed by atoms with E-state index in [9.17, 15) is 43.2 Å². The van der Waals surface area contributed by atoms with Gasteiger partial charge >= 0.3 is 39.5 Å². The van der Waals surface area contributed by atoms with Gasteiger partial charge in [-0.25, -0.2) is 9.13 Å². The largest absolute Gasteiger partial charge is 0.472 e. The number of phosphoric ester groups is 2. The molecule has 0 radical (unpaired) electrons. The summed E-state index contributed by atoms with van der Waals surface area (Å²) < 4.78 is 68.3. The van der Waals surface area contributed by atoms with Crippen LogP contribution in [0.5, 0.6) is 0 Å². The third-order valence-electron chi connectivity index (χ3n) is 16.9. The maximum Gasteiger partial charge on any atom is 0.472 e. The van der Waals surface area contributed by atoms with Crippen molar-refractivity contribution in [2.24, 2.45) is 23.7 Å². The number of unbranched alkanes of at least 4 members (excludes halogenated alkanes) is 34. The first kappa shape index (κ1) is 89.1. The lowest BCUT2D eigenvalue weighted by Gasteiger charge is -2.21. The van der Waals surface area contributed by atoms with Gasteiger partial charge in [0.2, 0.25) is 0 Å². The monoisotopic (exact) mass is 1340 g/mol. The van der Waals surface area contributed by atoms with Crippen molar-refractivity contribution >= 4 is 39.5 Å². The molecular formula is C72H140O17P2. The molecule has 0 aromatic carbocycles. The van der Waals surface area contributed by atoms with E-state index in [-0.39, 0.29) is 25.7 Å². The molecule has 17 nitrogen and oxygen atoms in total. The minimum Gasteiger partial charge on any atom is -0.462 e. The topological polar surface area (TPSA) is 237 Å². The van der Waals surface area contributed by atoms with Crippen molar-refractivity contribution in [3.8, 4) is 0 Å². The van der Waals surface area contributed by atoms with E-state index >= 15 is 0 Å². The van der Waals surface area contributed by atoms with E-state index in [2.05, 4.69) is 55.4 Å².